The molecule has 1 aromatic carbocycles. The molecule has 2 heterocycles. The number of anilines is 1. The largest absolute Gasteiger partial charge is 0.466 e. The lowest BCUT2D eigenvalue weighted by molar-refractivity contribution is -0.121. The molecule has 2 aromatic rings. The van der Waals surface area contributed by atoms with E-state index in [0.29, 0.717) is 48.2 Å². The van der Waals surface area contributed by atoms with Gasteiger partial charge >= 0.3 is 0 Å². The zero-order valence-electron chi connectivity index (χ0n) is 15.8. The molecule has 1 fully saturated rings. The summed E-state index contributed by atoms with van der Waals surface area (Å²) in [4.78, 5) is 29.1. The molecule has 7 heteroatoms. The Bertz CT molecular complexity index is 841. The van der Waals surface area contributed by atoms with Crippen molar-refractivity contribution in [3.8, 4) is 0 Å². The van der Waals surface area contributed by atoms with Gasteiger partial charge in [0, 0.05) is 36.9 Å². The Labute approximate surface area is 164 Å². The van der Waals surface area contributed by atoms with Crippen LogP contribution >= 0.6 is 11.6 Å². The number of hydrogen-bond acceptors (Lipinski definition) is 4. The number of nitrogens with zero attached hydrogens (tertiary/aromatic N) is 2. The molecular formula is C20H24ClN3O3. The van der Waals surface area contributed by atoms with Gasteiger partial charge in [-0.3, -0.25) is 14.5 Å². The van der Waals surface area contributed by atoms with Gasteiger partial charge < -0.3 is 14.6 Å². The molecule has 1 unspecified atom stereocenters. The predicted molar refractivity (Wildman–Crippen MR) is 105 cm³/mol. The minimum absolute atomic E-state index is 0.0139. The van der Waals surface area contributed by atoms with Crippen molar-refractivity contribution in [1.29, 1.82) is 0 Å². The minimum Gasteiger partial charge on any atom is -0.466 e. The molecule has 1 saturated heterocycles. The van der Waals surface area contributed by atoms with E-state index in [1.54, 1.807) is 31.2 Å². The molecule has 144 valence electrons. The SMILES string of the molecule is Cc1cc(C(=O)N2CCN(C(C)C(=O)Nc3cccc(Cl)c3)CC2)c(C)o1. The molecule has 0 radical (unpaired) electrons. The molecule has 0 spiro atoms. The standard InChI is InChI=1S/C20H24ClN3O3/c1-13-11-18(15(3)27-13)20(26)24-9-7-23(8-10-24)14(2)19(25)22-17-6-4-5-16(21)12-17/h4-6,11-12,14H,7-10H2,1-3H3,(H,22,25). The van der Waals surface area contributed by atoms with Gasteiger partial charge in [-0.15, -0.1) is 0 Å². The third kappa shape index (κ3) is 4.51. The Morgan fingerprint density at radius 2 is 1.85 bits per heavy atom. The summed E-state index contributed by atoms with van der Waals surface area (Å²) >= 11 is 5.96. The third-order valence-electron chi connectivity index (χ3n) is 4.89. The highest BCUT2D eigenvalue weighted by molar-refractivity contribution is 6.30. The second-order valence-corrected chi connectivity index (χ2v) is 7.27. The van der Waals surface area contributed by atoms with Crippen LogP contribution in [0.2, 0.25) is 5.02 Å². The van der Waals surface area contributed by atoms with Crippen LogP contribution in [-0.2, 0) is 4.79 Å². The summed E-state index contributed by atoms with van der Waals surface area (Å²) in [5, 5.41) is 3.47. The highest BCUT2D eigenvalue weighted by Crippen LogP contribution is 2.19. The van der Waals surface area contributed by atoms with Gasteiger partial charge in [-0.2, -0.15) is 0 Å². The normalized spacial score (nSPS) is 16.2. The summed E-state index contributed by atoms with van der Waals surface area (Å²) in [5.74, 6) is 1.29. The van der Waals surface area contributed by atoms with E-state index >= 15 is 0 Å². The van der Waals surface area contributed by atoms with Crippen molar-refractivity contribution < 1.29 is 14.0 Å². The monoisotopic (exact) mass is 389 g/mol. The van der Waals surface area contributed by atoms with Crippen molar-refractivity contribution in [2.45, 2.75) is 26.8 Å². The van der Waals surface area contributed by atoms with Crippen molar-refractivity contribution in [2.75, 3.05) is 31.5 Å². The maximum atomic E-state index is 12.7. The molecule has 1 aromatic heterocycles. The number of amides is 2. The van der Waals surface area contributed by atoms with Gasteiger partial charge in [0.2, 0.25) is 5.91 Å². The highest BCUT2D eigenvalue weighted by Gasteiger charge is 2.29. The third-order valence-corrected chi connectivity index (χ3v) is 5.13. The van der Waals surface area contributed by atoms with Gasteiger partial charge in [0.1, 0.15) is 11.5 Å². The second-order valence-electron chi connectivity index (χ2n) is 6.83. The summed E-state index contributed by atoms with van der Waals surface area (Å²) in [5.41, 5.74) is 1.30. The first-order chi connectivity index (χ1) is 12.8. The van der Waals surface area contributed by atoms with E-state index in [1.165, 1.54) is 0 Å². The topological polar surface area (TPSA) is 65.8 Å². The van der Waals surface area contributed by atoms with E-state index < -0.39 is 0 Å². The number of benzene rings is 1. The van der Waals surface area contributed by atoms with Crippen LogP contribution < -0.4 is 5.32 Å². The van der Waals surface area contributed by atoms with Crippen LogP contribution in [0.4, 0.5) is 5.69 Å². The van der Waals surface area contributed by atoms with E-state index in [-0.39, 0.29) is 17.9 Å². The Balaban J connectivity index is 1.55. The average Bonchev–Trinajstić information content (AvgIpc) is 2.98. The Hall–Kier alpha value is -2.31. The number of nitrogens with one attached hydrogen (secondary N) is 1. The second kappa shape index (κ2) is 8.15. The number of halogens is 1. The van der Waals surface area contributed by atoms with Crippen LogP contribution in [0.5, 0.6) is 0 Å². The molecule has 1 N–H and O–H groups in total. The van der Waals surface area contributed by atoms with E-state index in [0.717, 1.165) is 5.76 Å². The van der Waals surface area contributed by atoms with Crippen LogP contribution in [-0.4, -0.2) is 53.8 Å². The van der Waals surface area contributed by atoms with Gasteiger partial charge in [-0.25, -0.2) is 0 Å². The quantitative estimate of drug-likeness (QED) is 0.871. The number of carbonyl (C=O) groups is 2. The fourth-order valence-corrected chi connectivity index (χ4v) is 3.49. The van der Waals surface area contributed by atoms with Gasteiger partial charge in [0.05, 0.1) is 11.6 Å². The van der Waals surface area contributed by atoms with E-state index in [1.807, 2.05) is 24.8 Å². The zero-order chi connectivity index (χ0) is 19.6. The maximum Gasteiger partial charge on any atom is 0.257 e. The van der Waals surface area contributed by atoms with Crippen LogP contribution in [0.1, 0.15) is 28.8 Å². The van der Waals surface area contributed by atoms with Crippen LogP contribution in [0.15, 0.2) is 34.7 Å². The number of rotatable bonds is 4. The molecule has 1 atom stereocenters. The Kier molecular flexibility index (Phi) is 5.87. The Morgan fingerprint density at radius 1 is 1.15 bits per heavy atom. The first-order valence-electron chi connectivity index (χ1n) is 9.02. The lowest BCUT2D eigenvalue weighted by Crippen LogP contribution is -2.54. The van der Waals surface area contributed by atoms with E-state index in [9.17, 15) is 9.59 Å². The van der Waals surface area contributed by atoms with Crippen molar-refractivity contribution in [3.05, 3.63) is 52.4 Å². The summed E-state index contributed by atoms with van der Waals surface area (Å²) in [6, 6.07) is 8.58. The van der Waals surface area contributed by atoms with E-state index in [2.05, 4.69) is 10.2 Å². The van der Waals surface area contributed by atoms with Crippen molar-refractivity contribution >= 4 is 29.1 Å². The van der Waals surface area contributed by atoms with Gasteiger partial charge in [-0.1, -0.05) is 17.7 Å². The lowest BCUT2D eigenvalue weighted by atomic mass is 10.1. The molecule has 27 heavy (non-hydrogen) atoms. The predicted octanol–water partition coefficient (Wildman–Crippen LogP) is 3.33. The number of furan rings is 1. The van der Waals surface area contributed by atoms with Gasteiger partial charge in [-0.05, 0) is 45.0 Å². The molecule has 1 aliphatic heterocycles. The zero-order valence-corrected chi connectivity index (χ0v) is 16.5. The minimum atomic E-state index is -0.292. The smallest absolute Gasteiger partial charge is 0.257 e. The summed E-state index contributed by atoms with van der Waals surface area (Å²) in [6.07, 6.45) is 0. The average molecular weight is 390 g/mol. The number of carbonyl (C=O) groups excluding carboxylic acids is 2. The highest BCUT2D eigenvalue weighted by atomic mass is 35.5. The molecule has 3 rings (SSSR count). The number of hydrogen-bond donors (Lipinski definition) is 1. The molecule has 1 aliphatic rings. The van der Waals surface area contributed by atoms with E-state index in [4.69, 9.17) is 16.0 Å². The fraction of sp³-hybridized carbons (Fsp3) is 0.400. The van der Waals surface area contributed by atoms with Crippen molar-refractivity contribution in [3.63, 3.8) is 0 Å². The van der Waals surface area contributed by atoms with Crippen LogP contribution in [0, 0.1) is 13.8 Å². The molecule has 6 nitrogen and oxygen atoms in total. The first kappa shape index (κ1) is 19.5. The molecular weight excluding hydrogens is 366 g/mol. The van der Waals surface area contributed by atoms with Crippen molar-refractivity contribution in [1.82, 2.24) is 9.80 Å². The molecule has 0 bridgehead atoms. The fourth-order valence-electron chi connectivity index (χ4n) is 3.30. The molecule has 2 amide bonds. The molecule has 0 saturated carbocycles. The number of piperazine rings is 1. The molecule has 0 aliphatic carbocycles. The summed E-state index contributed by atoms with van der Waals surface area (Å²) < 4.78 is 5.46. The van der Waals surface area contributed by atoms with Crippen LogP contribution in [0.25, 0.3) is 0 Å². The maximum absolute atomic E-state index is 12.7. The van der Waals surface area contributed by atoms with Crippen LogP contribution in [0.3, 0.4) is 0 Å². The number of aryl methyl sites for hydroxylation is 2. The first-order valence-corrected chi connectivity index (χ1v) is 9.39. The van der Waals surface area contributed by atoms with Crippen molar-refractivity contribution in [2.24, 2.45) is 0 Å². The lowest BCUT2D eigenvalue weighted by Gasteiger charge is -2.37. The van der Waals surface area contributed by atoms with Gasteiger partial charge in [0.25, 0.3) is 5.91 Å². The van der Waals surface area contributed by atoms with Gasteiger partial charge in [0.15, 0.2) is 0 Å². The summed E-state index contributed by atoms with van der Waals surface area (Å²) in [7, 11) is 0. The summed E-state index contributed by atoms with van der Waals surface area (Å²) in [6.45, 7) is 7.97. The Morgan fingerprint density at radius 3 is 2.44 bits per heavy atom.